The second-order valence-corrected chi connectivity index (χ2v) is 7.07. The van der Waals surface area contributed by atoms with Crippen LogP contribution in [0.3, 0.4) is 0 Å². The first kappa shape index (κ1) is 21.5. The number of hydrogen-bond donors (Lipinski definition) is 5. The number of ether oxygens (including phenoxy) is 2. The fraction of sp³-hybridized carbons (Fsp3) is 0.312. The second kappa shape index (κ2) is 8.68. The average Bonchev–Trinajstić information content (AvgIpc) is 3.17. The number of anilines is 1. The Kier molecular flexibility index (Phi) is 6.23. The minimum Gasteiger partial charge on any atom is -0.479 e. The van der Waals surface area contributed by atoms with Crippen LogP contribution in [0.15, 0.2) is 30.5 Å². The van der Waals surface area contributed by atoms with Gasteiger partial charge >= 0.3 is 11.0 Å². The Morgan fingerprint density at radius 2 is 1.90 bits per heavy atom. The van der Waals surface area contributed by atoms with Crippen LogP contribution in [0.5, 0.6) is 5.75 Å². The molecule has 14 heteroatoms. The number of para-hydroxylation sites is 1. The zero-order chi connectivity index (χ0) is 22.0. The van der Waals surface area contributed by atoms with Crippen LogP contribution in [0, 0.1) is 10.1 Å². The summed E-state index contributed by atoms with van der Waals surface area (Å²) in [5.74, 6) is -2.48. The molecular weight excluding hydrogens is 426 g/mol. The van der Waals surface area contributed by atoms with Crippen molar-refractivity contribution in [3.05, 3.63) is 46.1 Å². The van der Waals surface area contributed by atoms with Crippen molar-refractivity contribution in [1.82, 2.24) is 4.98 Å². The number of thiazole rings is 1. The predicted octanol–water partition coefficient (Wildman–Crippen LogP) is -0.425. The summed E-state index contributed by atoms with van der Waals surface area (Å²) < 4.78 is 10.4. The summed E-state index contributed by atoms with van der Waals surface area (Å²) in [7, 11) is 0. The maximum atomic E-state index is 12.5. The molecule has 1 aromatic heterocycles. The van der Waals surface area contributed by atoms with E-state index in [1.54, 1.807) is 0 Å². The van der Waals surface area contributed by atoms with E-state index in [9.17, 15) is 35.0 Å². The van der Waals surface area contributed by atoms with Gasteiger partial charge in [0, 0.05) is 0 Å². The van der Waals surface area contributed by atoms with Crippen LogP contribution in [-0.4, -0.2) is 72.9 Å². The van der Waals surface area contributed by atoms with E-state index in [2.05, 4.69) is 10.3 Å². The molecule has 1 aliphatic rings. The molecule has 0 bridgehead atoms. The zero-order valence-corrected chi connectivity index (χ0v) is 15.6. The number of nitrogens with zero attached hydrogens (tertiary/aromatic N) is 2. The topological polar surface area (TPSA) is 202 Å². The number of rotatable bonds is 6. The molecule has 1 fully saturated rings. The highest BCUT2D eigenvalue weighted by molar-refractivity contribution is 7.18. The van der Waals surface area contributed by atoms with Crippen molar-refractivity contribution in [2.75, 3.05) is 5.32 Å². The van der Waals surface area contributed by atoms with Crippen LogP contribution in [0.1, 0.15) is 10.4 Å². The molecule has 0 spiro atoms. The average molecular weight is 441 g/mol. The van der Waals surface area contributed by atoms with Gasteiger partial charge in [0.15, 0.2) is 11.2 Å². The highest BCUT2D eigenvalue weighted by Gasteiger charge is 2.48. The summed E-state index contributed by atoms with van der Waals surface area (Å²) in [5.41, 5.74) is -0.0846. The highest BCUT2D eigenvalue weighted by atomic mass is 32.1. The number of aromatic nitrogens is 1. The molecule has 160 valence electrons. The molecule has 0 radical (unpaired) electrons. The largest absolute Gasteiger partial charge is 0.479 e. The number of nitro groups is 1. The van der Waals surface area contributed by atoms with Gasteiger partial charge in [-0.15, -0.1) is 0 Å². The molecule has 0 saturated carbocycles. The molecule has 13 nitrogen and oxygen atoms in total. The fourth-order valence-electron chi connectivity index (χ4n) is 2.60. The summed E-state index contributed by atoms with van der Waals surface area (Å²) in [4.78, 5) is 37.5. The number of carbonyl (C=O) groups is 2. The molecule has 1 unspecified atom stereocenters. The van der Waals surface area contributed by atoms with Gasteiger partial charge in [0.2, 0.25) is 6.29 Å². The minimum atomic E-state index is -1.89. The second-order valence-electron chi connectivity index (χ2n) is 6.06. The molecule has 2 aromatic rings. The van der Waals surface area contributed by atoms with Crippen molar-refractivity contribution in [2.24, 2.45) is 0 Å². The lowest BCUT2D eigenvalue weighted by molar-refractivity contribution is -0.380. The van der Waals surface area contributed by atoms with Gasteiger partial charge < -0.3 is 29.9 Å². The van der Waals surface area contributed by atoms with Gasteiger partial charge in [0.05, 0.1) is 10.5 Å². The molecule has 1 amide bonds. The minimum absolute atomic E-state index is 0.0417. The lowest BCUT2D eigenvalue weighted by Gasteiger charge is -2.38. The Hall–Kier alpha value is -3.17. The third-order valence-electron chi connectivity index (χ3n) is 4.08. The van der Waals surface area contributed by atoms with E-state index in [4.69, 9.17) is 14.6 Å². The van der Waals surface area contributed by atoms with Gasteiger partial charge in [-0.2, -0.15) is 0 Å². The van der Waals surface area contributed by atoms with E-state index in [1.165, 1.54) is 24.3 Å². The molecule has 5 atom stereocenters. The Morgan fingerprint density at radius 1 is 1.20 bits per heavy atom. The van der Waals surface area contributed by atoms with Crippen molar-refractivity contribution in [3.8, 4) is 5.75 Å². The predicted molar refractivity (Wildman–Crippen MR) is 98.1 cm³/mol. The van der Waals surface area contributed by atoms with E-state index in [-0.39, 0.29) is 21.4 Å². The summed E-state index contributed by atoms with van der Waals surface area (Å²) >= 11 is 0.636. The van der Waals surface area contributed by atoms with Crippen LogP contribution < -0.4 is 10.1 Å². The molecule has 2 heterocycles. The maximum Gasteiger partial charge on any atom is 0.345 e. The third-order valence-corrected chi connectivity index (χ3v) is 4.95. The zero-order valence-electron chi connectivity index (χ0n) is 14.8. The molecule has 1 aromatic carbocycles. The summed E-state index contributed by atoms with van der Waals surface area (Å²) in [6.45, 7) is 0. The van der Waals surface area contributed by atoms with E-state index >= 15 is 0 Å². The first-order valence-corrected chi connectivity index (χ1v) is 9.10. The van der Waals surface area contributed by atoms with E-state index < -0.39 is 47.5 Å². The number of hydrogen-bond acceptors (Lipinski definition) is 11. The van der Waals surface area contributed by atoms with Crippen molar-refractivity contribution in [2.45, 2.75) is 30.7 Å². The molecule has 0 aliphatic carbocycles. The van der Waals surface area contributed by atoms with Gasteiger partial charge in [-0.25, -0.2) is 9.78 Å². The van der Waals surface area contributed by atoms with Crippen LogP contribution >= 0.6 is 11.3 Å². The van der Waals surface area contributed by atoms with E-state index in [1.807, 2.05) is 0 Å². The lowest BCUT2D eigenvalue weighted by Crippen LogP contribution is -2.61. The van der Waals surface area contributed by atoms with Gasteiger partial charge in [-0.1, -0.05) is 12.1 Å². The third kappa shape index (κ3) is 4.37. The number of amides is 1. The van der Waals surface area contributed by atoms with E-state index in [0.29, 0.717) is 11.3 Å². The first-order chi connectivity index (χ1) is 14.2. The van der Waals surface area contributed by atoms with Crippen molar-refractivity contribution >= 4 is 33.3 Å². The molecule has 3 rings (SSSR count). The summed E-state index contributed by atoms with van der Waals surface area (Å²) in [5, 5.41) is 51.5. The van der Waals surface area contributed by atoms with Gasteiger partial charge in [-0.05, 0) is 23.5 Å². The number of aliphatic hydroxyl groups is 3. The lowest BCUT2D eigenvalue weighted by atomic mass is 9.99. The Bertz CT molecular complexity index is 966. The van der Waals surface area contributed by atoms with Crippen LogP contribution in [0.25, 0.3) is 0 Å². The number of nitrogens with one attached hydrogen (secondary N) is 1. The fourth-order valence-corrected chi connectivity index (χ4v) is 3.23. The van der Waals surface area contributed by atoms with Crippen molar-refractivity contribution in [3.63, 3.8) is 0 Å². The molecule has 1 saturated heterocycles. The van der Waals surface area contributed by atoms with Crippen molar-refractivity contribution in [1.29, 1.82) is 0 Å². The number of aliphatic hydroxyl groups excluding tert-OH is 3. The molecule has 30 heavy (non-hydrogen) atoms. The van der Waals surface area contributed by atoms with Gasteiger partial charge in [0.25, 0.3) is 5.91 Å². The Labute approximate surface area is 171 Å². The summed E-state index contributed by atoms with van der Waals surface area (Å²) in [6.07, 6.45) is -8.18. The Morgan fingerprint density at radius 3 is 2.53 bits per heavy atom. The molecule has 5 N–H and O–H groups in total. The van der Waals surface area contributed by atoms with Crippen LogP contribution in [0.4, 0.5) is 10.1 Å². The molecule has 1 aliphatic heterocycles. The number of carboxylic acid groups (broad SMARTS) is 1. The van der Waals surface area contributed by atoms with Gasteiger partial charge in [-0.3, -0.25) is 20.2 Å². The van der Waals surface area contributed by atoms with Crippen LogP contribution in [-0.2, 0) is 9.53 Å². The molecular formula is C16H15N3O10S. The maximum absolute atomic E-state index is 12.5. The van der Waals surface area contributed by atoms with Crippen LogP contribution in [0.2, 0.25) is 0 Å². The number of benzene rings is 1. The quantitative estimate of drug-likeness (QED) is 0.288. The SMILES string of the molecule is O=C(Nc1ncc([N+](=O)[O-])s1)c1ccccc1O[C@H]1OC(C(=O)O)[C@@H](O)[C@@H](O)[C@H]1O. The standard InChI is InChI=1S/C16H15N3O10S/c20-9-10(21)12(14(24)25)29-15(11(9)22)28-7-4-2-1-3-6(7)13(23)18-16-17-5-8(30-16)19(26)27/h1-5,9-12,15,20-22H,(H,24,25)(H,17,18,23)/t9-,10+,11-,12?,15+/m1/s1. The number of carbonyl (C=O) groups excluding carboxylic acids is 1. The smallest absolute Gasteiger partial charge is 0.345 e. The summed E-state index contributed by atoms with van der Waals surface area (Å²) in [6, 6.07) is 5.63. The normalized spacial score (nSPS) is 26.0. The Balaban J connectivity index is 1.79. The monoisotopic (exact) mass is 441 g/mol. The highest BCUT2D eigenvalue weighted by Crippen LogP contribution is 2.29. The first-order valence-electron chi connectivity index (χ1n) is 8.28. The van der Waals surface area contributed by atoms with Gasteiger partial charge in [0.1, 0.15) is 30.3 Å². The van der Waals surface area contributed by atoms with Crippen molar-refractivity contribution < 1.29 is 44.4 Å². The van der Waals surface area contributed by atoms with E-state index in [0.717, 1.165) is 6.20 Å². The number of carboxylic acids is 1. The number of aliphatic carboxylic acids is 1.